The van der Waals surface area contributed by atoms with E-state index in [2.05, 4.69) is 0 Å². The van der Waals surface area contributed by atoms with Gasteiger partial charge in [-0.25, -0.2) is 4.79 Å². The van der Waals surface area contributed by atoms with Crippen LogP contribution in [0.15, 0.2) is 63.8 Å². The smallest absolute Gasteiger partial charge is 0.344 e. The fraction of sp³-hybridized carbons (Fsp3) is 0.160. The first-order valence-corrected chi connectivity index (χ1v) is 10.5. The Hall–Kier alpha value is -3.15. The second kappa shape index (κ2) is 9.15. The van der Waals surface area contributed by atoms with Crippen LogP contribution in [0.3, 0.4) is 0 Å². The molecule has 1 aromatic heterocycles. The first-order chi connectivity index (χ1) is 15.4. The van der Waals surface area contributed by atoms with E-state index in [9.17, 15) is 4.79 Å². The largest absolute Gasteiger partial charge is 0.493 e. The highest BCUT2D eigenvalue weighted by molar-refractivity contribution is 6.35. The van der Waals surface area contributed by atoms with Crippen LogP contribution >= 0.6 is 23.2 Å². The summed E-state index contributed by atoms with van der Waals surface area (Å²) >= 11 is 12.5. The van der Waals surface area contributed by atoms with E-state index in [1.165, 1.54) is 0 Å². The van der Waals surface area contributed by atoms with Crippen LogP contribution in [-0.2, 0) is 6.61 Å². The van der Waals surface area contributed by atoms with Crippen LogP contribution in [0, 0.1) is 6.92 Å². The van der Waals surface area contributed by atoms with Gasteiger partial charge in [-0.1, -0.05) is 35.3 Å². The van der Waals surface area contributed by atoms with E-state index in [0.29, 0.717) is 49.6 Å². The fourth-order valence-corrected chi connectivity index (χ4v) is 4.08. The molecule has 164 valence electrons. The standard InChI is InChI=1S/C25H20Cl2O5/c1-14-17-12-16(31-13-18-19(26)5-4-6-20(18)27)8-10-21(17)32-25(28)24(14)15-7-9-22(29-2)23(11-15)30-3/h4-12H,13H2,1-3H3. The normalized spacial score (nSPS) is 10.9. The number of ether oxygens (including phenoxy) is 3. The zero-order valence-corrected chi connectivity index (χ0v) is 19.2. The molecule has 32 heavy (non-hydrogen) atoms. The summed E-state index contributed by atoms with van der Waals surface area (Å²) in [5.41, 5.74) is 2.64. The van der Waals surface area contributed by atoms with Crippen molar-refractivity contribution in [2.45, 2.75) is 13.5 Å². The van der Waals surface area contributed by atoms with Gasteiger partial charge in [0, 0.05) is 21.0 Å². The Morgan fingerprint density at radius 2 is 1.62 bits per heavy atom. The molecule has 0 aliphatic rings. The molecule has 0 amide bonds. The molecule has 0 fully saturated rings. The molecule has 0 atom stereocenters. The van der Waals surface area contributed by atoms with E-state index in [1.54, 1.807) is 62.8 Å². The van der Waals surface area contributed by atoms with Crippen molar-refractivity contribution in [3.63, 3.8) is 0 Å². The minimum Gasteiger partial charge on any atom is -0.493 e. The molecular formula is C25H20Cl2O5. The van der Waals surface area contributed by atoms with Gasteiger partial charge in [0.15, 0.2) is 11.5 Å². The van der Waals surface area contributed by atoms with Gasteiger partial charge < -0.3 is 18.6 Å². The molecule has 0 unspecified atom stereocenters. The maximum absolute atomic E-state index is 12.8. The van der Waals surface area contributed by atoms with Crippen LogP contribution in [0.4, 0.5) is 0 Å². The topological polar surface area (TPSA) is 57.9 Å². The maximum atomic E-state index is 12.8. The number of methoxy groups -OCH3 is 2. The third-order valence-corrected chi connectivity index (χ3v) is 5.96. The van der Waals surface area contributed by atoms with E-state index in [-0.39, 0.29) is 6.61 Å². The summed E-state index contributed by atoms with van der Waals surface area (Å²) in [5, 5.41) is 1.84. The van der Waals surface area contributed by atoms with Crippen LogP contribution < -0.4 is 19.8 Å². The highest BCUT2D eigenvalue weighted by Crippen LogP contribution is 2.35. The Bertz CT molecular complexity index is 1340. The fourth-order valence-electron chi connectivity index (χ4n) is 3.57. The Balaban J connectivity index is 1.75. The molecule has 7 heteroatoms. The van der Waals surface area contributed by atoms with Gasteiger partial charge in [-0.15, -0.1) is 0 Å². The van der Waals surface area contributed by atoms with Gasteiger partial charge in [0.2, 0.25) is 0 Å². The molecule has 3 aromatic carbocycles. The van der Waals surface area contributed by atoms with Crippen molar-refractivity contribution in [3.05, 3.63) is 86.2 Å². The Kier molecular flexibility index (Phi) is 6.31. The van der Waals surface area contributed by atoms with E-state index >= 15 is 0 Å². The van der Waals surface area contributed by atoms with Crippen molar-refractivity contribution in [1.82, 2.24) is 0 Å². The van der Waals surface area contributed by atoms with Gasteiger partial charge in [-0.2, -0.15) is 0 Å². The van der Waals surface area contributed by atoms with Crippen LogP contribution in [0.25, 0.3) is 22.1 Å². The van der Waals surface area contributed by atoms with Crippen LogP contribution in [0.5, 0.6) is 17.2 Å². The first kappa shape index (κ1) is 22.1. The molecule has 4 rings (SSSR count). The number of rotatable bonds is 6. The quantitative estimate of drug-likeness (QED) is 0.294. The number of fused-ring (bicyclic) bond motifs is 1. The summed E-state index contributed by atoms with van der Waals surface area (Å²) < 4.78 is 22.2. The Morgan fingerprint density at radius 1 is 0.906 bits per heavy atom. The summed E-state index contributed by atoms with van der Waals surface area (Å²) in [7, 11) is 3.11. The lowest BCUT2D eigenvalue weighted by atomic mass is 9.99. The molecule has 0 N–H and O–H groups in total. The SMILES string of the molecule is COc1ccc(-c2c(C)c3cc(OCc4c(Cl)cccc4Cl)ccc3oc2=O)cc1OC. The van der Waals surface area contributed by atoms with Gasteiger partial charge in [-0.05, 0) is 60.5 Å². The lowest BCUT2D eigenvalue weighted by Crippen LogP contribution is -2.06. The molecule has 4 aromatic rings. The molecule has 0 saturated heterocycles. The van der Waals surface area contributed by atoms with Gasteiger partial charge in [0.05, 0.1) is 19.8 Å². The zero-order chi connectivity index (χ0) is 22.8. The summed E-state index contributed by atoms with van der Waals surface area (Å²) in [6.45, 7) is 2.09. The third kappa shape index (κ3) is 4.14. The van der Waals surface area contributed by atoms with Gasteiger partial charge in [0.1, 0.15) is 17.9 Å². The second-order valence-electron chi connectivity index (χ2n) is 7.11. The van der Waals surface area contributed by atoms with Gasteiger partial charge in [0.25, 0.3) is 0 Å². The second-order valence-corrected chi connectivity index (χ2v) is 7.92. The average molecular weight is 471 g/mol. The lowest BCUT2D eigenvalue weighted by molar-refractivity contribution is 0.306. The van der Waals surface area contributed by atoms with E-state index in [4.69, 9.17) is 41.8 Å². The molecular weight excluding hydrogens is 451 g/mol. The van der Waals surface area contributed by atoms with E-state index in [1.807, 2.05) is 13.0 Å². The summed E-state index contributed by atoms with van der Waals surface area (Å²) in [4.78, 5) is 12.8. The maximum Gasteiger partial charge on any atom is 0.344 e. The lowest BCUT2D eigenvalue weighted by Gasteiger charge is -2.13. The number of hydrogen-bond acceptors (Lipinski definition) is 5. The molecule has 0 aliphatic carbocycles. The van der Waals surface area contributed by atoms with Crippen molar-refractivity contribution in [3.8, 4) is 28.4 Å². The highest BCUT2D eigenvalue weighted by Gasteiger charge is 2.16. The number of aryl methyl sites for hydroxylation is 1. The van der Waals surface area contributed by atoms with Gasteiger partial charge >= 0.3 is 5.63 Å². The molecule has 0 saturated carbocycles. The molecule has 0 aliphatic heterocycles. The minimum atomic E-state index is -0.432. The highest BCUT2D eigenvalue weighted by atomic mass is 35.5. The molecule has 5 nitrogen and oxygen atoms in total. The summed E-state index contributed by atoms with van der Waals surface area (Å²) in [6, 6.07) is 15.9. The van der Waals surface area contributed by atoms with Crippen molar-refractivity contribution in [2.24, 2.45) is 0 Å². The molecule has 1 heterocycles. The predicted octanol–water partition coefficient (Wildman–Crippen LogP) is 6.67. The van der Waals surface area contributed by atoms with Crippen LogP contribution in [0.2, 0.25) is 10.0 Å². The van der Waals surface area contributed by atoms with Crippen LogP contribution in [-0.4, -0.2) is 14.2 Å². The zero-order valence-electron chi connectivity index (χ0n) is 17.7. The third-order valence-electron chi connectivity index (χ3n) is 5.25. The van der Waals surface area contributed by atoms with Crippen molar-refractivity contribution >= 4 is 34.2 Å². The number of benzene rings is 3. The number of hydrogen-bond donors (Lipinski definition) is 0. The van der Waals surface area contributed by atoms with E-state index < -0.39 is 5.63 Å². The van der Waals surface area contributed by atoms with Crippen molar-refractivity contribution in [1.29, 1.82) is 0 Å². The molecule has 0 radical (unpaired) electrons. The monoisotopic (exact) mass is 470 g/mol. The molecule has 0 spiro atoms. The minimum absolute atomic E-state index is 0.211. The Labute approximate surface area is 195 Å². The molecule has 0 bridgehead atoms. The first-order valence-electron chi connectivity index (χ1n) is 9.78. The Morgan fingerprint density at radius 3 is 2.31 bits per heavy atom. The van der Waals surface area contributed by atoms with Crippen molar-refractivity contribution in [2.75, 3.05) is 14.2 Å². The predicted molar refractivity (Wildman–Crippen MR) is 127 cm³/mol. The van der Waals surface area contributed by atoms with Crippen LogP contribution in [0.1, 0.15) is 11.1 Å². The summed E-state index contributed by atoms with van der Waals surface area (Å²) in [5.74, 6) is 1.70. The van der Waals surface area contributed by atoms with Crippen molar-refractivity contribution < 1.29 is 18.6 Å². The number of halogens is 2. The summed E-state index contributed by atoms with van der Waals surface area (Å²) in [6.07, 6.45) is 0. The van der Waals surface area contributed by atoms with E-state index in [0.717, 1.165) is 10.9 Å². The average Bonchev–Trinajstić information content (AvgIpc) is 2.79. The van der Waals surface area contributed by atoms with Gasteiger partial charge in [-0.3, -0.25) is 0 Å².